The van der Waals surface area contributed by atoms with E-state index >= 15 is 0 Å². The normalized spacial score (nSPS) is 9.68. The van der Waals surface area contributed by atoms with Gasteiger partial charge in [0.1, 0.15) is 0 Å². The van der Waals surface area contributed by atoms with Crippen molar-refractivity contribution in [2.24, 2.45) is 0 Å². The third-order valence-electron chi connectivity index (χ3n) is 2.23. The van der Waals surface area contributed by atoms with Crippen molar-refractivity contribution in [1.29, 1.82) is 0 Å². The molecule has 6 heteroatoms. The fourth-order valence-corrected chi connectivity index (χ4v) is 1.25. The molecule has 0 bridgehead atoms. The molecule has 0 unspecified atom stereocenters. The lowest BCUT2D eigenvalue weighted by Crippen LogP contribution is -2.07. The Balaban J connectivity index is 3.29. The molecule has 0 aromatic heterocycles. The zero-order valence-corrected chi connectivity index (χ0v) is 10.9. The molecule has 0 radical (unpaired) electrons. The molecule has 0 aliphatic heterocycles. The number of hydrogen-bond donors (Lipinski definition) is 1. The van der Waals surface area contributed by atoms with E-state index in [1.165, 1.54) is 0 Å². The molecule has 0 amide bonds. The molecule has 0 aliphatic carbocycles. The van der Waals surface area contributed by atoms with Gasteiger partial charge in [-0.1, -0.05) is 6.58 Å². The molecule has 0 spiro atoms. The first-order valence-corrected chi connectivity index (χ1v) is 6.23. The highest BCUT2D eigenvalue weighted by Gasteiger charge is 2.04. The van der Waals surface area contributed by atoms with Gasteiger partial charge in [-0.3, -0.25) is 9.59 Å². The third kappa shape index (κ3) is 12.4. The first kappa shape index (κ1) is 17.2. The van der Waals surface area contributed by atoms with Crippen LogP contribution in [0.25, 0.3) is 0 Å². The van der Waals surface area contributed by atoms with Gasteiger partial charge in [-0.2, -0.15) is 0 Å². The maximum atomic E-state index is 11.1. The van der Waals surface area contributed by atoms with E-state index in [0.29, 0.717) is 32.5 Å². The van der Waals surface area contributed by atoms with Crippen molar-refractivity contribution in [2.75, 3.05) is 13.2 Å². The number of hydrogen-bond acceptors (Lipinski definition) is 5. The largest absolute Gasteiger partial charge is 0.481 e. The van der Waals surface area contributed by atoms with Crippen LogP contribution in [0.3, 0.4) is 0 Å². The topological polar surface area (TPSA) is 89.9 Å². The monoisotopic (exact) mass is 272 g/mol. The quantitative estimate of drug-likeness (QED) is 0.349. The molecule has 0 saturated carbocycles. The SMILES string of the molecule is C=CC(=O)OCCCCCOC(=O)CCCC(=O)O. The minimum absolute atomic E-state index is 0.0240. The molecule has 0 aromatic carbocycles. The Labute approximate surface area is 112 Å². The molecular weight excluding hydrogens is 252 g/mol. The number of carboxylic acid groups (broad SMARTS) is 1. The number of aliphatic carboxylic acids is 1. The molecule has 0 aromatic rings. The van der Waals surface area contributed by atoms with E-state index in [0.717, 1.165) is 12.5 Å². The second kappa shape index (κ2) is 11.3. The number of carboxylic acids is 1. The Kier molecular flexibility index (Phi) is 10.2. The zero-order valence-electron chi connectivity index (χ0n) is 10.9. The minimum atomic E-state index is -0.915. The summed E-state index contributed by atoms with van der Waals surface area (Å²) < 4.78 is 9.69. The van der Waals surface area contributed by atoms with Crippen molar-refractivity contribution in [3.63, 3.8) is 0 Å². The van der Waals surface area contributed by atoms with Crippen molar-refractivity contribution >= 4 is 17.9 Å². The molecule has 0 heterocycles. The zero-order chi connectivity index (χ0) is 14.5. The predicted octanol–water partition coefficient (Wildman–Crippen LogP) is 1.68. The van der Waals surface area contributed by atoms with Crippen LogP contribution in [-0.2, 0) is 23.9 Å². The number of carbonyl (C=O) groups excluding carboxylic acids is 2. The molecule has 0 atom stereocenters. The lowest BCUT2D eigenvalue weighted by Gasteiger charge is -2.04. The van der Waals surface area contributed by atoms with E-state index in [1.54, 1.807) is 0 Å². The third-order valence-corrected chi connectivity index (χ3v) is 2.23. The van der Waals surface area contributed by atoms with Crippen LogP contribution in [0.2, 0.25) is 0 Å². The number of esters is 2. The number of unbranched alkanes of at least 4 members (excludes halogenated alkanes) is 2. The Morgan fingerprint density at radius 3 is 2.16 bits per heavy atom. The van der Waals surface area contributed by atoms with Gasteiger partial charge >= 0.3 is 17.9 Å². The minimum Gasteiger partial charge on any atom is -0.481 e. The highest BCUT2D eigenvalue weighted by molar-refractivity contribution is 5.81. The fraction of sp³-hybridized carbons (Fsp3) is 0.615. The van der Waals surface area contributed by atoms with Crippen molar-refractivity contribution < 1.29 is 29.0 Å². The maximum Gasteiger partial charge on any atom is 0.330 e. The summed E-state index contributed by atoms with van der Waals surface area (Å²) in [5.74, 6) is -1.73. The van der Waals surface area contributed by atoms with Crippen molar-refractivity contribution in [3.05, 3.63) is 12.7 Å². The van der Waals surface area contributed by atoms with Crippen LogP contribution in [0.4, 0.5) is 0 Å². The Morgan fingerprint density at radius 1 is 0.947 bits per heavy atom. The highest BCUT2D eigenvalue weighted by Crippen LogP contribution is 2.01. The van der Waals surface area contributed by atoms with Gasteiger partial charge in [-0.15, -0.1) is 0 Å². The van der Waals surface area contributed by atoms with Gasteiger partial charge in [0, 0.05) is 18.9 Å². The summed E-state index contributed by atoms with van der Waals surface area (Å²) >= 11 is 0. The highest BCUT2D eigenvalue weighted by atomic mass is 16.5. The van der Waals surface area contributed by atoms with Crippen LogP contribution < -0.4 is 0 Å². The standard InChI is InChI=1S/C13H20O6/c1-2-12(16)18-9-4-3-5-10-19-13(17)8-6-7-11(14)15/h2H,1,3-10H2,(H,14,15). The van der Waals surface area contributed by atoms with E-state index in [1.807, 2.05) is 0 Å². The van der Waals surface area contributed by atoms with Crippen molar-refractivity contribution in [2.45, 2.75) is 38.5 Å². The molecule has 0 saturated heterocycles. The van der Waals surface area contributed by atoms with E-state index in [9.17, 15) is 14.4 Å². The van der Waals surface area contributed by atoms with E-state index in [4.69, 9.17) is 14.6 Å². The number of ether oxygens (including phenoxy) is 2. The molecule has 6 nitrogen and oxygen atoms in total. The number of carbonyl (C=O) groups is 3. The summed E-state index contributed by atoms with van der Waals surface area (Å²) in [6.45, 7) is 3.91. The van der Waals surface area contributed by atoms with Gasteiger partial charge < -0.3 is 14.6 Å². The van der Waals surface area contributed by atoms with Gasteiger partial charge in [0.25, 0.3) is 0 Å². The fourth-order valence-electron chi connectivity index (χ4n) is 1.25. The maximum absolute atomic E-state index is 11.1. The first-order valence-electron chi connectivity index (χ1n) is 6.23. The molecule has 19 heavy (non-hydrogen) atoms. The van der Waals surface area contributed by atoms with Crippen LogP contribution in [0, 0.1) is 0 Å². The summed E-state index contributed by atoms with van der Waals surface area (Å²) in [5.41, 5.74) is 0. The second-order valence-corrected chi connectivity index (χ2v) is 3.90. The summed E-state index contributed by atoms with van der Waals surface area (Å²) in [6.07, 6.45) is 3.69. The van der Waals surface area contributed by atoms with Crippen LogP contribution >= 0.6 is 0 Å². The second-order valence-electron chi connectivity index (χ2n) is 3.90. The summed E-state index contributed by atoms with van der Waals surface area (Å²) in [6, 6.07) is 0. The molecule has 0 rings (SSSR count). The smallest absolute Gasteiger partial charge is 0.330 e. The average Bonchev–Trinajstić information content (AvgIpc) is 2.36. The summed E-state index contributed by atoms with van der Waals surface area (Å²) in [7, 11) is 0. The molecule has 0 fully saturated rings. The molecule has 1 N–H and O–H groups in total. The van der Waals surface area contributed by atoms with Crippen LogP contribution in [-0.4, -0.2) is 36.2 Å². The molecule has 0 aliphatic rings. The lowest BCUT2D eigenvalue weighted by atomic mass is 10.2. The van der Waals surface area contributed by atoms with Gasteiger partial charge in [0.15, 0.2) is 0 Å². The molecular formula is C13H20O6. The Morgan fingerprint density at radius 2 is 1.58 bits per heavy atom. The first-order chi connectivity index (χ1) is 9.06. The van der Waals surface area contributed by atoms with Crippen LogP contribution in [0.5, 0.6) is 0 Å². The predicted molar refractivity (Wildman–Crippen MR) is 67.5 cm³/mol. The van der Waals surface area contributed by atoms with Crippen molar-refractivity contribution in [3.8, 4) is 0 Å². The van der Waals surface area contributed by atoms with E-state index in [-0.39, 0.29) is 18.8 Å². The lowest BCUT2D eigenvalue weighted by molar-refractivity contribution is -0.144. The Bertz CT molecular complexity index is 310. The molecule has 108 valence electrons. The van der Waals surface area contributed by atoms with E-state index < -0.39 is 11.9 Å². The van der Waals surface area contributed by atoms with Gasteiger partial charge in [-0.05, 0) is 25.7 Å². The van der Waals surface area contributed by atoms with Crippen LogP contribution in [0.1, 0.15) is 38.5 Å². The average molecular weight is 272 g/mol. The van der Waals surface area contributed by atoms with Gasteiger partial charge in [-0.25, -0.2) is 4.79 Å². The van der Waals surface area contributed by atoms with Gasteiger partial charge in [0.2, 0.25) is 0 Å². The Hall–Kier alpha value is -1.85. The number of rotatable bonds is 11. The van der Waals surface area contributed by atoms with Crippen LogP contribution in [0.15, 0.2) is 12.7 Å². The van der Waals surface area contributed by atoms with Crippen molar-refractivity contribution in [1.82, 2.24) is 0 Å². The summed E-state index contributed by atoms with van der Waals surface area (Å²) in [5, 5.41) is 8.39. The van der Waals surface area contributed by atoms with E-state index in [2.05, 4.69) is 6.58 Å². The van der Waals surface area contributed by atoms with Gasteiger partial charge in [0.05, 0.1) is 13.2 Å². The summed E-state index contributed by atoms with van der Waals surface area (Å²) in [4.78, 5) is 32.1.